The Balaban J connectivity index is 1.72. The topological polar surface area (TPSA) is 70.5 Å². The molecule has 2 atom stereocenters. The highest BCUT2D eigenvalue weighted by molar-refractivity contribution is 5.92. The van der Waals surface area contributed by atoms with Crippen molar-refractivity contribution in [1.29, 1.82) is 0 Å². The van der Waals surface area contributed by atoms with Crippen molar-refractivity contribution in [2.24, 2.45) is 11.8 Å². The van der Waals surface area contributed by atoms with Crippen molar-refractivity contribution in [2.45, 2.75) is 32.1 Å². The fourth-order valence-electron chi connectivity index (χ4n) is 3.05. The monoisotopic (exact) mass is 288 g/mol. The van der Waals surface area contributed by atoms with Crippen LogP contribution in [-0.4, -0.2) is 40.0 Å². The molecule has 5 nitrogen and oxygen atoms in total. The predicted molar refractivity (Wildman–Crippen MR) is 77.0 cm³/mol. The summed E-state index contributed by atoms with van der Waals surface area (Å²) in [5.41, 5.74) is 1.61. The molecule has 1 saturated heterocycles. The fourth-order valence-corrected chi connectivity index (χ4v) is 3.05. The van der Waals surface area contributed by atoms with Crippen LogP contribution >= 0.6 is 0 Å². The Labute approximate surface area is 124 Å². The van der Waals surface area contributed by atoms with Crippen LogP contribution in [0.15, 0.2) is 18.3 Å². The van der Waals surface area contributed by atoms with Gasteiger partial charge in [0, 0.05) is 19.3 Å². The summed E-state index contributed by atoms with van der Waals surface area (Å²) in [5, 5.41) is 9.18. The molecular weight excluding hydrogens is 268 g/mol. The minimum Gasteiger partial charge on any atom is -0.481 e. The maximum atomic E-state index is 12.5. The van der Waals surface area contributed by atoms with Crippen LogP contribution in [0.4, 0.5) is 0 Å². The second-order valence-corrected chi connectivity index (χ2v) is 6.34. The summed E-state index contributed by atoms with van der Waals surface area (Å²) in [6.45, 7) is 2.87. The van der Waals surface area contributed by atoms with Gasteiger partial charge in [-0.05, 0) is 42.7 Å². The van der Waals surface area contributed by atoms with Gasteiger partial charge in [-0.15, -0.1) is 0 Å². The number of amides is 1. The first-order valence-corrected chi connectivity index (χ1v) is 7.52. The number of carboxylic acid groups (broad SMARTS) is 1. The summed E-state index contributed by atoms with van der Waals surface area (Å²) in [5.74, 6) is -0.627. The van der Waals surface area contributed by atoms with Gasteiger partial charge in [0.1, 0.15) is 5.69 Å². The van der Waals surface area contributed by atoms with Crippen molar-refractivity contribution < 1.29 is 14.7 Å². The number of rotatable bonds is 3. The second kappa shape index (κ2) is 5.47. The summed E-state index contributed by atoms with van der Waals surface area (Å²) in [6, 6.07) is 3.74. The molecule has 5 heteroatoms. The maximum Gasteiger partial charge on any atom is 0.308 e. The Hall–Kier alpha value is -1.91. The number of hydrogen-bond acceptors (Lipinski definition) is 3. The average molecular weight is 288 g/mol. The maximum absolute atomic E-state index is 12.5. The van der Waals surface area contributed by atoms with Gasteiger partial charge in [-0.2, -0.15) is 0 Å². The van der Waals surface area contributed by atoms with Crippen molar-refractivity contribution in [1.82, 2.24) is 9.88 Å². The quantitative estimate of drug-likeness (QED) is 0.925. The molecule has 2 unspecified atom stereocenters. The normalized spacial score (nSPS) is 25.7. The van der Waals surface area contributed by atoms with Gasteiger partial charge in [0.15, 0.2) is 0 Å². The van der Waals surface area contributed by atoms with Gasteiger partial charge >= 0.3 is 5.97 Å². The average Bonchev–Trinajstić information content (AvgIpc) is 3.30. The number of aliphatic carboxylic acids is 1. The van der Waals surface area contributed by atoms with Crippen LogP contribution in [0.3, 0.4) is 0 Å². The van der Waals surface area contributed by atoms with Gasteiger partial charge in [0.2, 0.25) is 0 Å². The van der Waals surface area contributed by atoms with E-state index >= 15 is 0 Å². The molecule has 2 aliphatic rings. The van der Waals surface area contributed by atoms with Crippen LogP contribution in [0.2, 0.25) is 0 Å². The summed E-state index contributed by atoms with van der Waals surface area (Å²) in [6.07, 6.45) is 4.83. The molecule has 3 rings (SSSR count). The molecule has 1 amide bonds. The molecule has 2 fully saturated rings. The largest absolute Gasteiger partial charge is 0.481 e. The summed E-state index contributed by atoms with van der Waals surface area (Å²) in [4.78, 5) is 29.6. The van der Waals surface area contributed by atoms with Gasteiger partial charge in [-0.1, -0.05) is 13.0 Å². The van der Waals surface area contributed by atoms with Crippen molar-refractivity contribution in [2.75, 3.05) is 13.1 Å². The Morgan fingerprint density at radius 1 is 1.29 bits per heavy atom. The third-order valence-corrected chi connectivity index (χ3v) is 4.35. The van der Waals surface area contributed by atoms with Gasteiger partial charge in [0.25, 0.3) is 5.91 Å². The van der Waals surface area contributed by atoms with E-state index in [0.717, 1.165) is 0 Å². The third kappa shape index (κ3) is 3.06. The number of piperidine rings is 1. The van der Waals surface area contributed by atoms with E-state index in [1.165, 1.54) is 18.4 Å². The Bertz CT molecular complexity index is 551. The van der Waals surface area contributed by atoms with Crippen LogP contribution < -0.4 is 0 Å². The van der Waals surface area contributed by atoms with E-state index in [0.29, 0.717) is 24.6 Å². The van der Waals surface area contributed by atoms with E-state index in [1.54, 1.807) is 17.2 Å². The van der Waals surface area contributed by atoms with E-state index < -0.39 is 11.9 Å². The molecule has 112 valence electrons. The minimum atomic E-state index is -0.823. The Kier molecular flexibility index (Phi) is 3.66. The molecule has 0 radical (unpaired) electrons. The SMILES string of the molecule is CC1CC(C(=O)O)CN(C(=O)c2ccc(C3CC3)cn2)C1. The van der Waals surface area contributed by atoms with Crippen molar-refractivity contribution in [3.05, 3.63) is 29.6 Å². The molecular formula is C16H20N2O3. The van der Waals surface area contributed by atoms with E-state index in [9.17, 15) is 14.7 Å². The minimum absolute atomic E-state index is 0.157. The molecule has 0 aromatic carbocycles. The molecule has 0 bridgehead atoms. The van der Waals surface area contributed by atoms with Gasteiger partial charge in [0.05, 0.1) is 5.92 Å². The number of likely N-dealkylation sites (tertiary alicyclic amines) is 1. The van der Waals surface area contributed by atoms with E-state index in [-0.39, 0.29) is 18.4 Å². The molecule has 1 N–H and O–H groups in total. The first-order valence-electron chi connectivity index (χ1n) is 7.52. The standard InChI is InChI=1S/C16H20N2O3/c1-10-6-13(16(20)21)9-18(8-10)15(19)14-5-4-12(7-17-14)11-2-3-11/h4-5,7,10-11,13H,2-3,6,8-9H2,1H3,(H,20,21). The van der Waals surface area contributed by atoms with Crippen molar-refractivity contribution in [3.63, 3.8) is 0 Å². The second-order valence-electron chi connectivity index (χ2n) is 6.34. The number of pyridine rings is 1. The fraction of sp³-hybridized carbons (Fsp3) is 0.562. The molecule has 1 aliphatic heterocycles. The predicted octanol–water partition coefficient (Wildman–Crippen LogP) is 2.14. The molecule has 1 aromatic rings. The van der Waals surface area contributed by atoms with Gasteiger partial charge < -0.3 is 10.0 Å². The smallest absolute Gasteiger partial charge is 0.308 e. The lowest BCUT2D eigenvalue weighted by Gasteiger charge is -2.34. The summed E-state index contributed by atoms with van der Waals surface area (Å²) in [7, 11) is 0. The molecule has 21 heavy (non-hydrogen) atoms. The number of hydrogen-bond donors (Lipinski definition) is 1. The third-order valence-electron chi connectivity index (χ3n) is 4.35. The lowest BCUT2D eigenvalue weighted by molar-refractivity contribution is -0.143. The summed E-state index contributed by atoms with van der Waals surface area (Å²) < 4.78 is 0. The molecule has 1 saturated carbocycles. The van der Waals surface area contributed by atoms with Crippen LogP contribution in [0.1, 0.15) is 48.2 Å². The van der Waals surface area contributed by atoms with Crippen LogP contribution in [0.5, 0.6) is 0 Å². The van der Waals surface area contributed by atoms with Crippen LogP contribution in [-0.2, 0) is 4.79 Å². The molecule has 1 aliphatic carbocycles. The van der Waals surface area contributed by atoms with Crippen LogP contribution in [0, 0.1) is 11.8 Å². The molecule has 2 heterocycles. The Morgan fingerprint density at radius 3 is 2.62 bits per heavy atom. The number of carbonyl (C=O) groups excluding carboxylic acids is 1. The zero-order valence-electron chi connectivity index (χ0n) is 12.2. The number of carbonyl (C=O) groups is 2. The lowest BCUT2D eigenvalue weighted by Crippen LogP contribution is -2.45. The number of aromatic nitrogens is 1. The zero-order valence-corrected chi connectivity index (χ0v) is 12.2. The Morgan fingerprint density at radius 2 is 2.05 bits per heavy atom. The van der Waals surface area contributed by atoms with E-state index in [2.05, 4.69) is 4.98 Å². The highest BCUT2D eigenvalue weighted by atomic mass is 16.4. The summed E-state index contributed by atoms with van der Waals surface area (Å²) >= 11 is 0. The first kappa shape index (κ1) is 14.0. The highest BCUT2D eigenvalue weighted by Gasteiger charge is 2.32. The first-order chi connectivity index (χ1) is 10.0. The van der Waals surface area contributed by atoms with Gasteiger partial charge in [-0.25, -0.2) is 0 Å². The molecule has 0 spiro atoms. The number of nitrogens with zero attached hydrogens (tertiary/aromatic N) is 2. The highest BCUT2D eigenvalue weighted by Crippen LogP contribution is 2.39. The van der Waals surface area contributed by atoms with Crippen LogP contribution in [0.25, 0.3) is 0 Å². The molecule has 1 aromatic heterocycles. The van der Waals surface area contributed by atoms with E-state index in [4.69, 9.17) is 0 Å². The van der Waals surface area contributed by atoms with Gasteiger partial charge in [-0.3, -0.25) is 14.6 Å². The van der Waals surface area contributed by atoms with Crippen molar-refractivity contribution in [3.8, 4) is 0 Å². The number of carboxylic acids is 1. The van der Waals surface area contributed by atoms with Crippen molar-refractivity contribution >= 4 is 11.9 Å². The lowest BCUT2D eigenvalue weighted by atomic mass is 9.90. The zero-order chi connectivity index (χ0) is 15.0. The van der Waals surface area contributed by atoms with E-state index in [1.807, 2.05) is 13.0 Å².